The van der Waals surface area contributed by atoms with Crippen LogP contribution in [0.1, 0.15) is 25.3 Å². The Morgan fingerprint density at radius 1 is 1.42 bits per heavy atom. The van der Waals surface area contributed by atoms with Crippen molar-refractivity contribution >= 4 is 51.4 Å². The highest BCUT2D eigenvalue weighted by molar-refractivity contribution is 14.0. The molecule has 1 unspecified atom stereocenters. The van der Waals surface area contributed by atoms with Gasteiger partial charge in [-0.3, -0.25) is 4.99 Å². The number of guanidine groups is 1. The Hall–Kier alpha value is -0.740. The van der Waals surface area contributed by atoms with Gasteiger partial charge in [0.05, 0.1) is 18.1 Å². The normalized spacial score (nSPS) is 18.9. The van der Waals surface area contributed by atoms with Gasteiger partial charge in [-0.2, -0.15) is 0 Å². The van der Waals surface area contributed by atoms with E-state index in [0.717, 1.165) is 24.3 Å². The zero-order valence-corrected chi connectivity index (χ0v) is 19.0. The Morgan fingerprint density at radius 3 is 2.81 bits per heavy atom. The fourth-order valence-electron chi connectivity index (χ4n) is 2.63. The Bertz CT molecular complexity index is 713. The molecule has 1 saturated heterocycles. The summed E-state index contributed by atoms with van der Waals surface area (Å²) in [6.07, 6.45) is 1.40. The minimum Gasteiger partial charge on any atom is -0.493 e. The molecule has 6 nitrogen and oxygen atoms in total. The first-order valence-electron chi connectivity index (χ1n) is 8.54. The summed E-state index contributed by atoms with van der Waals surface area (Å²) >= 11 is 5.93. The first kappa shape index (κ1) is 23.3. The predicted molar refractivity (Wildman–Crippen MR) is 118 cm³/mol. The molecule has 1 aromatic rings. The number of nitrogens with zero attached hydrogens (tertiary/aromatic N) is 1. The van der Waals surface area contributed by atoms with Gasteiger partial charge in [-0.05, 0) is 44.0 Å². The number of nitrogens with one attached hydrogen (secondary N) is 2. The van der Waals surface area contributed by atoms with Gasteiger partial charge < -0.3 is 15.4 Å². The van der Waals surface area contributed by atoms with E-state index in [1.807, 2.05) is 32.0 Å². The molecule has 2 rings (SSSR count). The van der Waals surface area contributed by atoms with Gasteiger partial charge in [0.1, 0.15) is 5.75 Å². The molecule has 148 valence electrons. The van der Waals surface area contributed by atoms with Crippen molar-refractivity contribution in [2.45, 2.75) is 32.7 Å². The van der Waals surface area contributed by atoms with E-state index in [9.17, 15) is 8.42 Å². The van der Waals surface area contributed by atoms with Crippen LogP contribution >= 0.6 is 35.6 Å². The minimum atomic E-state index is -2.90. The number of aryl methyl sites for hydroxylation is 1. The third kappa shape index (κ3) is 7.87. The molecule has 0 amide bonds. The third-order valence-corrected chi connectivity index (χ3v) is 5.89. The van der Waals surface area contributed by atoms with Gasteiger partial charge in [0.25, 0.3) is 0 Å². The molecule has 1 heterocycles. The molecule has 9 heteroatoms. The summed E-state index contributed by atoms with van der Waals surface area (Å²) in [5.74, 6) is 1.91. The lowest BCUT2D eigenvalue weighted by molar-refractivity contribution is 0.311. The van der Waals surface area contributed by atoms with Crippen LogP contribution < -0.4 is 15.4 Å². The van der Waals surface area contributed by atoms with Gasteiger partial charge in [-0.25, -0.2) is 8.42 Å². The van der Waals surface area contributed by atoms with Crippen molar-refractivity contribution < 1.29 is 13.2 Å². The summed E-state index contributed by atoms with van der Waals surface area (Å²) < 4.78 is 28.8. The largest absolute Gasteiger partial charge is 0.493 e. The number of hydrogen-bond donors (Lipinski definition) is 2. The highest BCUT2D eigenvalue weighted by Gasteiger charge is 2.28. The molecule has 0 aromatic heterocycles. The Labute approximate surface area is 178 Å². The van der Waals surface area contributed by atoms with Gasteiger partial charge in [0, 0.05) is 30.6 Å². The van der Waals surface area contributed by atoms with Crippen LogP contribution in [-0.4, -0.2) is 51.6 Å². The van der Waals surface area contributed by atoms with Gasteiger partial charge in [-0.1, -0.05) is 11.6 Å². The van der Waals surface area contributed by atoms with E-state index in [1.165, 1.54) is 0 Å². The first-order chi connectivity index (χ1) is 11.9. The van der Waals surface area contributed by atoms with E-state index < -0.39 is 9.84 Å². The van der Waals surface area contributed by atoms with Crippen molar-refractivity contribution in [1.29, 1.82) is 0 Å². The molecule has 1 fully saturated rings. The zero-order chi connectivity index (χ0) is 18.3. The van der Waals surface area contributed by atoms with E-state index in [1.54, 1.807) is 0 Å². The fourth-order valence-corrected chi connectivity index (χ4v) is 4.53. The van der Waals surface area contributed by atoms with Crippen LogP contribution in [0.5, 0.6) is 5.75 Å². The van der Waals surface area contributed by atoms with Crippen LogP contribution in [0.2, 0.25) is 5.02 Å². The average molecular weight is 516 g/mol. The molecule has 1 aromatic carbocycles. The maximum absolute atomic E-state index is 11.5. The quantitative estimate of drug-likeness (QED) is 0.253. The number of sulfone groups is 1. The zero-order valence-electron chi connectivity index (χ0n) is 15.1. The van der Waals surface area contributed by atoms with Crippen molar-refractivity contribution in [2.75, 3.05) is 31.2 Å². The van der Waals surface area contributed by atoms with Crippen molar-refractivity contribution in [3.8, 4) is 5.75 Å². The van der Waals surface area contributed by atoms with Crippen LogP contribution in [0.25, 0.3) is 0 Å². The lowest BCUT2D eigenvalue weighted by atomic mass is 10.2. The number of ether oxygens (including phenoxy) is 1. The SMILES string of the molecule is CCNC(=NCCCOc1ccc(Cl)cc1C)NC1CCS(=O)(=O)C1.I. The van der Waals surface area contributed by atoms with E-state index >= 15 is 0 Å². The molecule has 2 N–H and O–H groups in total. The van der Waals surface area contributed by atoms with Crippen molar-refractivity contribution in [2.24, 2.45) is 4.99 Å². The average Bonchev–Trinajstić information content (AvgIpc) is 2.87. The fraction of sp³-hybridized carbons (Fsp3) is 0.588. The second kappa shape index (κ2) is 11.2. The molecule has 1 atom stereocenters. The molecule has 1 aliphatic heterocycles. The Morgan fingerprint density at radius 2 is 2.19 bits per heavy atom. The van der Waals surface area contributed by atoms with Crippen LogP contribution in [-0.2, 0) is 9.84 Å². The maximum atomic E-state index is 11.5. The summed E-state index contributed by atoms with van der Waals surface area (Å²) in [6.45, 7) is 5.83. The molecule has 0 spiro atoms. The summed E-state index contributed by atoms with van der Waals surface area (Å²) in [5, 5.41) is 7.05. The highest BCUT2D eigenvalue weighted by atomic mass is 127. The minimum absolute atomic E-state index is 0. The molecule has 0 saturated carbocycles. The molecular formula is C17H27ClIN3O3S. The monoisotopic (exact) mass is 515 g/mol. The van der Waals surface area contributed by atoms with Crippen molar-refractivity contribution in [1.82, 2.24) is 10.6 Å². The summed E-state index contributed by atoms with van der Waals surface area (Å²) in [6, 6.07) is 5.49. The number of hydrogen-bond acceptors (Lipinski definition) is 4. The number of aliphatic imine (C=N–C) groups is 1. The van der Waals surface area contributed by atoms with Gasteiger partial charge in [0.2, 0.25) is 0 Å². The maximum Gasteiger partial charge on any atom is 0.191 e. The predicted octanol–water partition coefficient (Wildman–Crippen LogP) is 2.78. The number of halogens is 2. The Balaban J connectivity index is 0.00000338. The lowest BCUT2D eigenvalue weighted by Crippen LogP contribution is -2.44. The van der Waals surface area contributed by atoms with Crippen molar-refractivity contribution in [3.05, 3.63) is 28.8 Å². The van der Waals surface area contributed by atoms with Crippen molar-refractivity contribution in [3.63, 3.8) is 0 Å². The van der Waals surface area contributed by atoms with Gasteiger partial charge in [-0.15, -0.1) is 24.0 Å². The Kier molecular flexibility index (Phi) is 10.0. The topological polar surface area (TPSA) is 79.8 Å². The van der Waals surface area contributed by atoms with Crippen LogP contribution in [0, 0.1) is 6.92 Å². The summed E-state index contributed by atoms with van der Waals surface area (Å²) in [4.78, 5) is 4.49. The summed E-state index contributed by atoms with van der Waals surface area (Å²) in [7, 11) is -2.90. The van der Waals surface area contributed by atoms with Gasteiger partial charge >= 0.3 is 0 Å². The van der Waals surface area contributed by atoms with E-state index in [4.69, 9.17) is 16.3 Å². The van der Waals surface area contributed by atoms with Gasteiger partial charge in [0.15, 0.2) is 15.8 Å². The number of rotatable bonds is 7. The lowest BCUT2D eigenvalue weighted by Gasteiger charge is -2.15. The molecule has 1 aliphatic rings. The molecule has 0 bridgehead atoms. The van der Waals surface area contributed by atoms with E-state index in [0.29, 0.717) is 30.6 Å². The van der Waals surface area contributed by atoms with E-state index in [-0.39, 0.29) is 41.5 Å². The van der Waals surface area contributed by atoms with Crippen LogP contribution in [0.3, 0.4) is 0 Å². The number of benzene rings is 1. The molecule has 0 radical (unpaired) electrons. The second-order valence-electron chi connectivity index (χ2n) is 6.12. The smallest absolute Gasteiger partial charge is 0.191 e. The first-order valence-corrected chi connectivity index (χ1v) is 10.7. The molecular weight excluding hydrogens is 489 g/mol. The third-order valence-electron chi connectivity index (χ3n) is 3.88. The van der Waals surface area contributed by atoms with Crippen LogP contribution in [0.4, 0.5) is 0 Å². The second-order valence-corrected chi connectivity index (χ2v) is 8.78. The van der Waals surface area contributed by atoms with E-state index in [2.05, 4.69) is 15.6 Å². The molecule has 0 aliphatic carbocycles. The summed E-state index contributed by atoms with van der Waals surface area (Å²) in [5.41, 5.74) is 1.01. The van der Waals surface area contributed by atoms with Crippen LogP contribution in [0.15, 0.2) is 23.2 Å². The standard InChI is InChI=1S/C17H26ClN3O3S.HI/c1-3-19-17(21-15-7-10-25(22,23)12-15)20-8-4-9-24-16-6-5-14(18)11-13(16)2;/h5-6,11,15H,3-4,7-10,12H2,1-2H3,(H2,19,20,21);1H. The molecule has 26 heavy (non-hydrogen) atoms. The highest BCUT2D eigenvalue weighted by Crippen LogP contribution is 2.21.